The van der Waals surface area contributed by atoms with Gasteiger partial charge in [0.1, 0.15) is 12.1 Å². The Balaban J connectivity index is 2.29. The van der Waals surface area contributed by atoms with Gasteiger partial charge in [0.25, 0.3) is 5.91 Å². The average molecular weight is 348 g/mol. The summed E-state index contributed by atoms with van der Waals surface area (Å²) in [4.78, 5) is 12.7. The molecule has 0 radical (unpaired) electrons. The van der Waals surface area contributed by atoms with Gasteiger partial charge in [-0.2, -0.15) is 0 Å². The van der Waals surface area contributed by atoms with E-state index >= 15 is 0 Å². The second kappa shape index (κ2) is 7.87. The summed E-state index contributed by atoms with van der Waals surface area (Å²) in [5.74, 6) is 1.72. The van der Waals surface area contributed by atoms with Gasteiger partial charge in [-0.3, -0.25) is 4.79 Å². The number of carbonyl (C=O) groups is 1. The van der Waals surface area contributed by atoms with Crippen molar-refractivity contribution in [3.8, 4) is 17.2 Å². The molecule has 0 aliphatic heterocycles. The highest BCUT2D eigenvalue weighted by molar-refractivity contribution is 5.98. The van der Waals surface area contributed by atoms with Crippen molar-refractivity contribution in [1.29, 1.82) is 0 Å². The number of benzene rings is 1. The maximum absolute atomic E-state index is 12.7. The molecule has 8 heteroatoms. The fraction of sp³-hybridized carbons (Fsp3) is 0.471. The highest BCUT2D eigenvalue weighted by Crippen LogP contribution is 2.34. The lowest BCUT2D eigenvalue weighted by Gasteiger charge is -2.18. The summed E-state index contributed by atoms with van der Waals surface area (Å²) in [6.07, 6.45) is 1.65. The van der Waals surface area contributed by atoms with Gasteiger partial charge in [0, 0.05) is 18.2 Å². The van der Waals surface area contributed by atoms with Crippen LogP contribution >= 0.6 is 0 Å². The third-order valence-corrected chi connectivity index (χ3v) is 3.84. The minimum atomic E-state index is -0.324. The van der Waals surface area contributed by atoms with Crippen LogP contribution in [0.1, 0.15) is 49.0 Å². The largest absolute Gasteiger partial charge is 0.496 e. The molecule has 136 valence electrons. The minimum Gasteiger partial charge on any atom is -0.496 e. The van der Waals surface area contributed by atoms with Gasteiger partial charge < -0.3 is 24.1 Å². The Morgan fingerprint density at radius 3 is 2.20 bits per heavy atom. The number of aromatic nitrogens is 3. The molecule has 1 aromatic carbocycles. The number of nitrogens with one attached hydrogen (secondary N) is 1. The Hall–Kier alpha value is -2.77. The van der Waals surface area contributed by atoms with E-state index in [0.717, 1.165) is 0 Å². The third kappa shape index (κ3) is 3.84. The van der Waals surface area contributed by atoms with E-state index in [1.165, 1.54) is 21.3 Å². The summed E-state index contributed by atoms with van der Waals surface area (Å²) in [6, 6.07) is 3.08. The lowest BCUT2D eigenvalue weighted by Crippen LogP contribution is -2.29. The molecule has 2 aromatic rings. The summed E-state index contributed by atoms with van der Waals surface area (Å²) in [5, 5.41) is 11.0. The number of hydrogen-bond donors (Lipinski definition) is 1. The normalized spacial score (nSPS) is 12.0. The minimum absolute atomic E-state index is 0.194. The van der Waals surface area contributed by atoms with Crippen LogP contribution in [-0.2, 0) is 0 Å². The number of hydrogen-bond acceptors (Lipinski definition) is 6. The predicted molar refractivity (Wildman–Crippen MR) is 92.4 cm³/mol. The Labute approximate surface area is 147 Å². The van der Waals surface area contributed by atoms with Gasteiger partial charge in [-0.25, -0.2) is 0 Å². The van der Waals surface area contributed by atoms with Crippen LogP contribution in [0, 0.1) is 0 Å². The Morgan fingerprint density at radius 1 is 1.04 bits per heavy atom. The van der Waals surface area contributed by atoms with Gasteiger partial charge in [0.2, 0.25) is 0 Å². The first-order valence-corrected chi connectivity index (χ1v) is 7.93. The summed E-state index contributed by atoms with van der Waals surface area (Å²) in [7, 11) is 4.54. The molecule has 0 aliphatic carbocycles. The predicted octanol–water partition coefficient (Wildman–Crippen LogP) is 2.38. The van der Waals surface area contributed by atoms with Gasteiger partial charge in [-0.15, -0.1) is 10.2 Å². The van der Waals surface area contributed by atoms with Crippen LogP contribution in [0.2, 0.25) is 0 Å². The van der Waals surface area contributed by atoms with Crippen LogP contribution in [-0.4, -0.2) is 42.0 Å². The molecule has 25 heavy (non-hydrogen) atoms. The van der Waals surface area contributed by atoms with Crippen LogP contribution < -0.4 is 19.5 Å². The van der Waals surface area contributed by atoms with E-state index in [-0.39, 0.29) is 18.0 Å². The first kappa shape index (κ1) is 18.6. The third-order valence-electron chi connectivity index (χ3n) is 3.84. The van der Waals surface area contributed by atoms with E-state index in [1.54, 1.807) is 18.5 Å². The van der Waals surface area contributed by atoms with E-state index in [2.05, 4.69) is 15.5 Å². The second-order valence-electron chi connectivity index (χ2n) is 5.79. The SMILES string of the molecule is COc1cc(OC)c(C(=O)N[C@H](C)c2nncn2C(C)C)cc1OC. The fourth-order valence-electron chi connectivity index (χ4n) is 2.51. The Bertz CT molecular complexity index is 742. The molecule has 0 spiro atoms. The molecule has 0 saturated heterocycles. The number of ether oxygens (including phenoxy) is 3. The molecule has 1 N–H and O–H groups in total. The fourth-order valence-corrected chi connectivity index (χ4v) is 2.51. The van der Waals surface area contributed by atoms with E-state index < -0.39 is 0 Å². The zero-order valence-electron chi connectivity index (χ0n) is 15.4. The molecule has 1 amide bonds. The summed E-state index contributed by atoms with van der Waals surface area (Å²) < 4.78 is 17.7. The molecule has 0 bridgehead atoms. The zero-order chi connectivity index (χ0) is 18.6. The maximum Gasteiger partial charge on any atom is 0.255 e. The summed E-state index contributed by atoms with van der Waals surface area (Å²) in [6.45, 7) is 5.91. The van der Waals surface area contributed by atoms with E-state index in [9.17, 15) is 4.79 Å². The van der Waals surface area contributed by atoms with E-state index in [0.29, 0.717) is 28.6 Å². The highest BCUT2D eigenvalue weighted by Gasteiger charge is 2.22. The average Bonchev–Trinajstić information content (AvgIpc) is 3.10. The van der Waals surface area contributed by atoms with E-state index in [4.69, 9.17) is 14.2 Å². The molecular weight excluding hydrogens is 324 g/mol. The molecule has 1 heterocycles. The second-order valence-corrected chi connectivity index (χ2v) is 5.79. The smallest absolute Gasteiger partial charge is 0.255 e. The first-order valence-electron chi connectivity index (χ1n) is 7.93. The van der Waals surface area contributed by atoms with Gasteiger partial charge in [-0.1, -0.05) is 0 Å². The quantitative estimate of drug-likeness (QED) is 0.826. The van der Waals surface area contributed by atoms with Crippen molar-refractivity contribution in [2.45, 2.75) is 32.9 Å². The van der Waals surface area contributed by atoms with Gasteiger partial charge in [-0.05, 0) is 20.8 Å². The van der Waals surface area contributed by atoms with Crippen LogP contribution in [0.15, 0.2) is 18.5 Å². The number of nitrogens with zero attached hydrogens (tertiary/aromatic N) is 3. The number of methoxy groups -OCH3 is 3. The molecule has 8 nitrogen and oxygen atoms in total. The van der Waals surface area contributed by atoms with E-state index in [1.807, 2.05) is 25.3 Å². The summed E-state index contributed by atoms with van der Waals surface area (Å²) in [5.41, 5.74) is 0.350. The van der Waals surface area contributed by atoms with Gasteiger partial charge >= 0.3 is 0 Å². The molecule has 0 unspecified atom stereocenters. The van der Waals surface area contributed by atoms with Crippen molar-refractivity contribution in [2.24, 2.45) is 0 Å². The van der Waals surface area contributed by atoms with Crippen molar-refractivity contribution < 1.29 is 19.0 Å². The van der Waals surface area contributed by atoms with Crippen LogP contribution in [0.25, 0.3) is 0 Å². The lowest BCUT2D eigenvalue weighted by atomic mass is 10.1. The van der Waals surface area contributed by atoms with Crippen LogP contribution in [0.3, 0.4) is 0 Å². The first-order chi connectivity index (χ1) is 11.9. The van der Waals surface area contributed by atoms with Crippen LogP contribution in [0.4, 0.5) is 0 Å². The zero-order valence-corrected chi connectivity index (χ0v) is 15.4. The molecular formula is C17H24N4O4. The summed E-state index contributed by atoms with van der Waals surface area (Å²) >= 11 is 0. The van der Waals surface area contributed by atoms with Crippen molar-refractivity contribution in [3.05, 3.63) is 29.8 Å². The van der Waals surface area contributed by atoms with Crippen molar-refractivity contribution in [2.75, 3.05) is 21.3 Å². The van der Waals surface area contributed by atoms with Gasteiger partial charge in [0.05, 0.1) is 32.9 Å². The molecule has 0 fully saturated rings. The number of carbonyl (C=O) groups excluding carboxylic acids is 1. The standard InChI is InChI=1S/C17H24N4O4/c1-10(2)21-9-18-20-16(21)11(3)19-17(22)12-7-14(24-5)15(25-6)8-13(12)23-4/h7-11H,1-6H3,(H,19,22)/t11-/m1/s1. The molecule has 1 aromatic heterocycles. The molecule has 1 atom stereocenters. The van der Waals surface area contributed by atoms with Crippen molar-refractivity contribution >= 4 is 5.91 Å². The van der Waals surface area contributed by atoms with Crippen molar-refractivity contribution in [3.63, 3.8) is 0 Å². The van der Waals surface area contributed by atoms with Crippen molar-refractivity contribution in [1.82, 2.24) is 20.1 Å². The molecule has 2 rings (SSSR count). The van der Waals surface area contributed by atoms with Crippen LogP contribution in [0.5, 0.6) is 17.2 Å². The highest BCUT2D eigenvalue weighted by atomic mass is 16.5. The molecule has 0 aliphatic rings. The maximum atomic E-state index is 12.7. The lowest BCUT2D eigenvalue weighted by molar-refractivity contribution is 0.0933. The monoisotopic (exact) mass is 348 g/mol. The number of rotatable bonds is 7. The molecule has 0 saturated carbocycles. The number of amides is 1. The van der Waals surface area contributed by atoms with Gasteiger partial charge in [0.15, 0.2) is 17.3 Å². The Kier molecular flexibility index (Phi) is 5.84. The topological polar surface area (TPSA) is 87.5 Å². The Morgan fingerprint density at radius 2 is 1.64 bits per heavy atom.